The number of amides is 1. The number of halogens is 1. The van der Waals surface area contributed by atoms with Crippen molar-refractivity contribution >= 4 is 28.9 Å². The molecular formula is C17H17ClN4O3. The third-order valence-electron chi connectivity index (χ3n) is 3.39. The van der Waals surface area contributed by atoms with Gasteiger partial charge in [0.25, 0.3) is 0 Å². The van der Waals surface area contributed by atoms with E-state index in [0.717, 1.165) is 0 Å². The van der Waals surface area contributed by atoms with Crippen LogP contribution in [0.3, 0.4) is 0 Å². The lowest BCUT2D eigenvalue weighted by Gasteiger charge is -2.09. The van der Waals surface area contributed by atoms with E-state index in [-0.39, 0.29) is 6.04 Å². The number of aromatic nitrogens is 3. The van der Waals surface area contributed by atoms with E-state index in [4.69, 9.17) is 21.1 Å². The summed E-state index contributed by atoms with van der Waals surface area (Å²) in [5.41, 5.74) is 2.21. The molecule has 0 aliphatic rings. The van der Waals surface area contributed by atoms with Crippen LogP contribution in [0.5, 0.6) is 11.5 Å². The van der Waals surface area contributed by atoms with Gasteiger partial charge in [-0.15, -0.1) is 0 Å². The number of hydrogen-bond acceptors (Lipinski definition) is 5. The summed E-state index contributed by atoms with van der Waals surface area (Å²) in [4.78, 5) is 23.6. The van der Waals surface area contributed by atoms with Crippen LogP contribution >= 0.6 is 11.6 Å². The minimum absolute atomic E-state index is 0.0323. The molecule has 0 radical (unpaired) electrons. The van der Waals surface area contributed by atoms with Crippen molar-refractivity contribution in [2.24, 2.45) is 0 Å². The molecule has 0 saturated heterocycles. The molecule has 0 spiro atoms. The lowest BCUT2D eigenvalue weighted by atomic mass is 10.1. The number of H-pyrrole nitrogens is 1. The number of nitrogens with one attached hydrogen (secondary N) is 2. The van der Waals surface area contributed by atoms with Crippen LogP contribution in [0.2, 0.25) is 5.02 Å². The summed E-state index contributed by atoms with van der Waals surface area (Å²) in [5, 5.41) is 3.21. The van der Waals surface area contributed by atoms with Crippen LogP contribution in [-0.2, 0) is 0 Å². The van der Waals surface area contributed by atoms with Gasteiger partial charge in [0.05, 0.1) is 19.0 Å². The first-order chi connectivity index (χ1) is 12.0. The number of methoxy groups -OCH3 is 1. The Balaban J connectivity index is 2.01. The number of carbonyl (C=O) groups excluding carboxylic acids is 1. The summed E-state index contributed by atoms with van der Waals surface area (Å²) in [6.45, 7) is 3.69. The first-order valence-electron chi connectivity index (χ1n) is 7.64. The number of benzene rings is 1. The van der Waals surface area contributed by atoms with E-state index >= 15 is 0 Å². The van der Waals surface area contributed by atoms with E-state index in [1.165, 1.54) is 0 Å². The van der Waals surface area contributed by atoms with E-state index in [2.05, 4.69) is 20.3 Å². The Morgan fingerprint density at radius 3 is 2.84 bits per heavy atom. The molecule has 0 bridgehead atoms. The standard InChI is InChI=1S/C17H17ClN4O3/c1-9(2)21-17(23)25-14-8-20-16-15(14)22-12(7-19-16)11-6-10(18)4-5-13(11)24-3/h4-9H,1-3H3,(H,19,20)(H,21,23). The van der Waals surface area contributed by atoms with E-state index in [9.17, 15) is 4.79 Å². The number of rotatable bonds is 4. The van der Waals surface area contributed by atoms with E-state index in [1.807, 2.05) is 13.8 Å². The van der Waals surface area contributed by atoms with E-state index in [0.29, 0.717) is 38.9 Å². The molecule has 0 atom stereocenters. The Bertz CT molecular complexity index is 923. The Morgan fingerprint density at radius 1 is 1.32 bits per heavy atom. The second-order valence-corrected chi connectivity index (χ2v) is 6.07. The maximum Gasteiger partial charge on any atom is 0.412 e. The highest BCUT2D eigenvalue weighted by Gasteiger charge is 2.15. The summed E-state index contributed by atoms with van der Waals surface area (Å²) in [6, 6.07) is 5.20. The summed E-state index contributed by atoms with van der Waals surface area (Å²) in [5.74, 6) is 0.914. The summed E-state index contributed by atoms with van der Waals surface area (Å²) in [7, 11) is 1.57. The number of fused-ring (bicyclic) bond motifs is 1. The van der Waals surface area contributed by atoms with Crippen molar-refractivity contribution in [2.75, 3.05) is 7.11 Å². The molecule has 1 amide bonds. The minimum atomic E-state index is -0.552. The predicted molar refractivity (Wildman–Crippen MR) is 95.2 cm³/mol. The number of ether oxygens (including phenoxy) is 2. The van der Waals surface area contributed by atoms with E-state index < -0.39 is 6.09 Å². The highest BCUT2D eigenvalue weighted by atomic mass is 35.5. The largest absolute Gasteiger partial charge is 0.496 e. The molecule has 2 aromatic heterocycles. The summed E-state index contributed by atoms with van der Waals surface area (Å²) in [6.07, 6.45) is 2.59. The molecule has 0 aliphatic carbocycles. The monoisotopic (exact) mass is 360 g/mol. The van der Waals surface area contributed by atoms with Gasteiger partial charge in [-0.3, -0.25) is 0 Å². The molecule has 3 rings (SSSR count). The maximum absolute atomic E-state index is 11.8. The second-order valence-electron chi connectivity index (χ2n) is 5.64. The fraction of sp³-hybridized carbons (Fsp3) is 0.235. The van der Waals surface area contributed by atoms with Crippen molar-refractivity contribution in [2.45, 2.75) is 19.9 Å². The normalized spacial score (nSPS) is 10.9. The molecule has 0 fully saturated rings. The van der Waals surface area contributed by atoms with Gasteiger partial charge in [0.15, 0.2) is 16.9 Å². The molecule has 130 valence electrons. The van der Waals surface area contributed by atoms with Gasteiger partial charge >= 0.3 is 6.09 Å². The van der Waals surface area contributed by atoms with Gasteiger partial charge in [-0.25, -0.2) is 14.8 Å². The molecule has 8 heteroatoms. The Hall–Kier alpha value is -2.80. The molecule has 3 aromatic rings. The number of carbonyl (C=O) groups is 1. The van der Waals surface area contributed by atoms with Gasteiger partial charge < -0.3 is 19.8 Å². The number of hydrogen-bond donors (Lipinski definition) is 2. The topological polar surface area (TPSA) is 89.1 Å². The summed E-state index contributed by atoms with van der Waals surface area (Å²) < 4.78 is 10.7. The van der Waals surface area contributed by atoms with Crippen molar-refractivity contribution in [3.63, 3.8) is 0 Å². The molecule has 7 nitrogen and oxygen atoms in total. The third-order valence-corrected chi connectivity index (χ3v) is 3.63. The quantitative estimate of drug-likeness (QED) is 0.739. The van der Waals surface area contributed by atoms with Crippen LogP contribution in [-0.4, -0.2) is 34.2 Å². The summed E-state index contributed by atoms with van der Waals surface area (Å²) >= 11 is 6.08. The highest BCUT2D eigenvalue weighted by molar-refractivity contribution is 6.31. The molecule has 0 unspecified atom stereocenters. The Labute approximate surface area is 149 Å². The molecule has 0 aliphatic heterocycles. The zero-order chi connectivity index (χ0) is 18.0. The zero-order valence-electron chi connectivity index (χ0n) is 14.0. The van der Waals surface area contributed by atoms with Gasteiger partial charge in [-0.1, -0.05) is 11.6 Å². The number of aromatic amines is 1. The van der Waals surface area contributed by atoms with Crippen LogP contribution in [0.25, 0.3) is 22.4 Å². The maximum atomic E-state index is 11.8. The van der Waals surface area contributed by atoms with Crippen LogP contribution in [0.1, 0.15) is 13.8 Å². The molecule has 2 N–H and O–H groups in total. The second kappa shape index (κ2) is 6.98. The third kappa shape index (κ3) is 3.66. The van der Waals surface area contributed by atoms with Crippen LogP contribution in [0.4, 0.5) is 4.79 Å². The first-order valence-corrected chi connectivity index (χ1v) is 8.02. The highest BCUT2D eigenvalue weighted by Crippen LogP contribution is 2.33. The lowest BCUT2D eigenvalue weighted by molar-refractivity contribution is 0.198. The van der Waals surface area contributed by atoms with E-state index in [1.54, 1.807) is 37.7 Å². The van der Waals surface area contributed by atoms with Crippen molar-refractivity contribution < 1.29 is 14.3 Å². The fourth-order valence-electron chi connectivity index (χ4n) is 2.32. The van der Waals surface area contributed by atoms with Crippen LogP contribution in [0, 0.1) is 0 Å². The van der Waals surface area contributed by atoms with Crippen LogP contribution in [0.15, 0.2) is 30.6 Å². The smallest absolute Gasteiger partial charge is 0.412 e. The Morgan fingerprint density at radius 2 is 2.12 bits per heavy atom. The zero-order valence-corrected chi connectivity index (χ0v) is 14.7. The SMILES string of the molecule is COc1ccc(Cl)cc1-c1cnc2[nH]cc(OC(=O)NC(C)C)c2n1. The van der Waals surface area contributed by atoms with Crippen molar-refractivity contribution in [3.8, 4) is 22.8 Å². The van der Waals surface area contributed by atoms with Crippen molar-refractivity contribution in [1.29, 1.82) is 0 Å². The van der Waals surface area contributed by atoms with Crippen LogP contribution < -0.4 is 14.8 Å². The van der Waals surface area contributed by atoms with Gasteiger partial charge in [0.2, 0.25) is 0 Å². The minimum Gasteiger partial charge on any atom is -0.496 e. The predicted octanol–water partition coefficient (Wildman–Crippen LogP) is 3.78. The first kappa shape index (κ1) is 17.0. The molecule has 2 heterocycles. The van der Waals surface area contributed by atoms with Gasteiger partial charge in [0, 0.05) is 22.8 Å². The van der Waals surface area contributed by atoms with Gasteiger partial charge in [-0.2, -0.15) is 0 Å². The Kier molecular flexibility index (Phi) is 4.76. The average Bonchev–Trinajstić information content (AvgIpc) is 2.96. The average molecular weight is 361 g/mol. The lowest BCUT2D eigenvalue weighted by Crippen LogP contribution is -2.32. The molecule has 25 heavy (non-hydrogen) atoms. The molecular weight excluding hydrogens is 344 g/mol. The fourth-order valence-corrected chi connectivity index (χ4v) is 2.49. The van der Waals surface area contributed by atoms with Crippen molar-refractivity contribution in [3.05, 3.63) is 35.6 Å². The molecule has 1 aromatic carbocycles. The van der Waals surface area contributed by atoms with Crippen molar-refractivity contribution in [1.82, 2.24) is 20.3 Å². The van der Waals surface area contributed by atoms with Gasteiger partial charge in [0.1, 0.15) is 5.75 Å². The van der Waals surface area contributed by atoms with Gasteiger partial charge in [-0.05, 0) is 32.0 Å². The number of nitrogens with zero attached hydrogens (tertiary/aromatic N) is 2. The molecule has 0 saturated carbocycles.